The Morgan fingerprint density at radius 3 is 2.00 bits per heavy atom. The summed E-state index contributed by atoms with van der Waals surface area (Å²) < 4.78 is 0. The second-order valence-electron chi connectivity index (χ2n) is 6.93. The highest BCUT2D eigenvalue weighted by molar-refractivity contribution is 5.78. The van der Waals surface area contributed by atoms with Crippen molar-refractivity contribution < 1.29 is 9.90 Å². The Morgan fingerprint density at radius 1 is 0.909 bits per heavy atom. The van der Waals surface area contributed by atoms with Crippen LogP contribution in [0.25, 0.3) is 0 Å². The summed E-state index contributed by atoms with van der Waals surface area (Å²) in [5.41, 5.74) is -0.550. The molecule has 1 amide bonds. The second-order valence-corrected chi connectivity index (χ2v) is 6.93. The van der Waals surface area contributed by atoms with Crippen molar-refractivity contribution in [3.05, 3.63) is 0 Å². The molecular weight excluding hydrogens is 278 g/mol. The number of carbonyl (C=O) groups is 1. The van der Waals surface area contributed by atoms with E-state index in [1.165, 1.54) is 6.42 Å². The first-order valence-corrected chi connectivity index (χ1v) is 9.01. The maximum atomic E-state index is 12.3. The molecule has 0 aromatic carbocycles. The van der Waals surface area contributed by atoms with Crippen LogP contribution in [0.1, 0.15) is 46.0 Å². The van der Waals surface area contributed by atoms with Crippen molar-refractivity contribution in [3.8, 4) is 0 Å². The molecule has 0 aromatic rings. The van der Waals surface area contributed by atoms with Crippen molar-refractivity contribution in [3.63, 3.8) is 0 Å². The fourth-order valence-corrected chi connectivity index (χ4v) is 3.43. The van der Waals surface area contributed by atoms with Crippen molar-refractivity contribution in [1.29, 1.82) is 0 Å². The van der Waals surface area contributed by atoms with Crippen LogP contribution in [-0.4, -0.2) is 83.7 Å². The Bertz CT molecular complexity index is 344. The maximum Gasteiger partial charge on any atom is 0.236 e. The highest BCUT2D eigenvalue weighted by atomic mass is 16.3. The van der Waals surface area contributed by atoms with E-state index in [1.807, 2.05) is 4.90 Å². The van der Waals surface area contributed by atoms with Gasteiger partial charge in [0, 0.05) is 45.8 Å². The zero-order chi connectivity index (χ0) is 16.0. The van der Waals surface area contributed by atoms with Gasteiger partial charge in [-0.1, -0.05) is 13.8 Å². The van der Waals surface area contributed by atoms with E-state index in [1.54, 1.807) is 0 Å². The number of piperazine rings is 1. The first kappa shape index (κ1) is 17.7. The van der Waals surface area contributed by atoms with Gasteiger partial charge in [0.05, 0.1) is 12.1 Å². The van der Waals surface area contributed by atoms with Crippen molar-refractivity contribution in [2.24, 2.45) is 0 Å². The first-order chi connectivity index (χ1) is 10.6. The van der Waals surface area contributed by atoms with Gasteiger partial charge in [-0.05, 0) is 32.1 Å². The molecule has 2 heterocycles. The van der Waals surface area contributed by atoms with Gasteiger partial charge in [0.15, 0.2) is 0 Å². The highest BCUT2D eigenvalue weighted by Crippen LogP contribution is 2.17. The van der Waals surface area contributed by atoms with Crippen LogP contribution in [0.5, 0.6) is 0 Å². The van der Waals surface area contributed by atoms with Crippen LogP contribution in [-0.2, 0) is 4.79 Å². The van der Waals surface area contributed by atoms with Gasteiger partial charge in [-0.3, -0.25) is 14.6 Å². The lowest BCUT2D eigenvalue weighted by atomic mass is 9.96. The molecule has 1 N–H and O–H groups in total. The van der Waals surface area contributed by atoms with Gasteiger partial charge in [0.1, 0.15) is 0 Å². The van der Waals surface area contributed by atoms with E-state index in [2.05, 4.69) is 23.6 Å². The highest BCUT2D eigenvalue weighted by Gasteiger charge is 2.28. The number of piperidine rings is 1. The largest absolute Gasteiger partial charge is 0.389 e. The molecule has 0 unspecified atom stereocenters. The van der Waals surface area contributed by atoms with Crippen molar-refractivity contribution in [1.82, 2.24) is 14.7 Å². The van der Waals surface area contributed by atoms with E-state index < -0.39 is 5.60 Å². The normalized spacial score (nSPS) is 22.0. The van der Waals surface area contributed by atoms with E-state index in [0.29, 0.717) is 12.5 Å². The van der Waals surface area contributed by atoms with E-state index in [0.717, 1.165) is 71.5 Å². The maximum absolute atomic E-state index is 12.3. The number of rotatable bonds is 6. The number of hydrogen-bond donors (Lipinski definition) is 1. The van der Waals surface area contributed by atoms with Crippen molar-refractivity contribution in [2.75, 3.05) is 52.4 Å². The number of amides is 1. The molecule has 0 radical (unpaired) electrons. The molecule has 0 bridgehead atoms. The molecule has 22 heavy (non-hydrogen) atoms. The molecule has 2 aliphatic rings. The lowest BCUT2D eigenvalue weighted by Gasteiger charge is -2.39. The van der Waals surface area contributed by atoms with Gasteiger partial charge < -0.3 is 10.0 Å². The summed E-state index contributed by atoms with van der Waals surface area (Å²) >= 11 is 0. The van der Waals surface area contributed by atoms with Crippen molar-refractivity contribution in [2.45, 2.75) is 51.6 Å². The Balaban J connectivity index is 1.71. The van der Waals surface area contributed by atoms with E-state index in [4.69, 9.17) is 0 Å². The topological polar surface area (TPSA) is 47.0 Å². The third-order valence-electron chi connectivity index (χ3n) is 5.37. The van der Waals surface area contributed by atoms with Gasteiger partial charge in [-0.15, -0.1) is 0 Å². The smallest absolute Gasteiger partial charge is 0.236 e. The SMILES string of the molecule is CCC(O)(CC)CN1CCN(CC(=O)N2CCCCC2)CC1. The zero-order valence-electron chi connectivity index (χ0n) is 14.4. The van der Waals surface area contributed by atoms with E-state index in [-0.39, 0.29) is 0 Å². The average molecular weight is 311 g/mol. The van der Waals surface area contributed by atoms with Gasteiger partial charge in [0.25, 0.3) is 0 Å². The summed E-state index contributed by atoms with van der Waals surface area (Å²) in [6.45, 7) is 11.1. The summed E-state index contributed by atoms with van der Waals surface area (Å²) in [4.78, 5) is 18.9. The molecule has 2 saturated heterocycles. The predicted molar refractivity (Wildman–Crippen MR) is 88.8 cm³/mol. The van der Waals surface area contributed by atoms with Crippen LogP contribution in [0.2, 0.25) is 0 Å². The lowest BCUT2D eigenvalue weighted by Crippen LogP contribution is -2.53. The molecule has 0 aromatic heterocycles. The minimum Gasteiger partial charge on any atom is -0.389 e. The summed E-state index contributed by atoms with van der Waals surface area (Å²) in [7, 11) is 0. The Labute approximate surface area is 135 Å². The quantitative estimate of drug-likeness (QED) is 0.800. The predicted octanol–water partition coefficient (Wildman–Crippen LogP) is 1.17. The number of likely N-dealkylation sites (tertiary alicyclic amines) is 1. The second kappa shape index (κ2) is 8.27. The number of nitrogens with zero attached hydrogens (tertiary/aromatic N) is 3. The monoisotopic (exact) mass is 311 g/mol. The van der Waals surface area contributed by atoms with Crippen LogP contribution in [0, 0.1) is 0 Å². The third-order valence-corrected chi connectivity index (χ3v) is 5.37. The van der Waals surface area contributed by atoms with Crippen LogP contribution in [0.3, 0.4) is 0 Å². The fraction of sp³-hybridized carbons (Fsp3) is 0.941. The molecule has 5 heteroatoms. The van der Waals surface area contributed by atoms with E-state index >= 15 is 0 Å². The summed E-state index contributed by atoms with van der Waals surface area (Å²) in [5, 5.41) is 10.4. The summed E-state index contributed by atoms with van der Waals surface area (Å²) in [6, 6.07) is 0. The Morgan fingerprint density at radius 2 is 1.45 bits per heavy atom. The van der Waals surface area contributed by atoms with Crippen LogP contribution >= 0.6 is 0 Å². The lowest BCUT2D eigenvalue weighted by molar-refractivity contribution is -0.133. The van der Waals surface area contributed by atoms with Crippen LogP contribution in [0.4, 0.5) is 0 Å². The Kier molecular flexibility index (Phi) is 6.66. The Hall–Kier alpha value is -0.650. The minimum absolute atomic E-state index is 0.298. The molecule has 2 rings (SSSR count). The van der Waals surface area contributed by atoms with Gasteiger partial charge in [-0.25, -0.2) is 0 Å². The zero-order valence-corrected chi connectivity index (χ0v) is 14.4. The standard InChI is InChI=1S/C17H33N3O2/c1-3-17(22,4-2)15-19-12-10-18(11-13-19)14-16(21)20-8-6-5-7-9-20/h22H,3-15H2,1-2H3. The number of carbonyl (C=O) groups excluding carboxylic acids is 1. The third kappa shape index (κ3) is 4.93. The van der Waals surface area contributed by atoms with Gasteiger partial charge >= 0.3 is 0 Å². The molecule has 0 atom stereocenters. The molecule has 2 aliphatic heterocycles. The van der Waals surface area contributed by atoms with Crippen LogP contribution < -0.4 is 0 Å². The van der Waals surface area contributed by atoms with Crippen molar-refractivity contribution >= 4 is 5.91 Å². The number of β-amino-alcohol motifs (C(OH)–C–C–N with tert-alkyl or cyclic N) is 1. The average Bonchev–Trinajstić information content (AvgIpc) is 2.57. The molecule has 5 nitrogen and oxygen atoms in total. The number of aliphatic hydroxyl groups is 1. The number of hydrogen-bond acceptors (Lipinski definition) is 4. The first-order valence-electron chi connectivity index (χ1n) is 9.01. The summed E-state index contributed by atoms with van der Waals surface area (Å²) in [5.74, 6) is 0.298. The molecule has 0 aliphatic carbocycles. The minimum atomic E-state index is -0.550. The molecule has 0 saturated carbocycles. The molecule has 0 spiro atoms. The summed E-state index contributed by atoms with van der Waals surface area (Å²) in [6.07, 6.45) is 5.19. The van der Waals surface area contributed by atoms with Crippen LogP contribution in [0.15, 0.2) is 0 Å². The molecular formula is C17H33N3O2. The molecule has 128 valence electrons. The van der Waals surface area contributed by atoms with Gasteiger partial charge in [-0.2, -0.15) is 0 Å². The fourth-order valence-electron chi connectivity index (χ4n) is 3.43. The van der Waals surface area contributed by atoms with Gasteiger partial charge in [0.2, 0.25) is 5.91 Å². The molecule has 2 fully saturated rings. The van der Waals surface area contributed by atoms with E-state index in [9.17, 15) is 9.90 Å².